The van der Waals surface area contributed by atoms with Gasteiger partial charge in [-0.15, -0.1) is 0 Å². The Hall–Kier alpha value is -4.23. The normalized spacial score (nSPS) is 12.5. The Morgan fingerprint density at radius 3 is 2.66 bits per heavy atom. The van der Waals surface area contributed by atoms with E-state index in [0.717, 1.165) is 33.0 Å². The van der Waals surface area contributed by atoms with Crippen LogP contribution < -0.4 is 10.3 Å². The lowest BCUT2D eigenvalue weighted by Gasteiger charge is -2.15. The highest BCUT2D eigenvalue weighted by Crippen LogP contribution is 2.41. The number of benzene rings is 3. The Morgan fingerprint density at radius 2 is 1.83 bits per heavy atom. The number of hydrogen-bond acceptors (Lipinski definition) is 6. The molecule has 0 aliphatic carbocycles. The number of pyridine rings is 1. The lowest BCUT2D eigenvalue weighted by molar-refractivity contribution is 0.305. The Morgan fingerprint density at radius 1 is 1.06 bits per heavy atom. The van der Waals surface area contributed by atoms with E-state index in [-0.39, 0.29) is 11.4 Å². The molecule has 1 aliphatic heterocycles. The number of aryl methyl sites for hydroxylation is 2. The fourth-order valence-corrected chi connectivity index (χ4v) is 5.36. The summed E-state index contributed by atoms with van der Waals surface area (Å²) in [5.41, 5.74) is 4.62. The van der Waals surface area contributed by atoms with E-state index in [4.69, 9.17) is 9.72 Å². The SMILES string of the molecule is Cc1ccc(-n2c(O)c(/C=N/c3nc4c(s3)COc3ccccc3-4)c3ccccc3c2=O)c(C)c1. The van der Waals surface area contributed by atoms with Gasteiger partial charge in [0, 0.05) is 22.6 Å². The van der Waals surface area contributed by atoms with Crippen molar-refractivity contribution in [3.8, 4) is 28.6 Å². The molecule has 3 aromatic carbocycles. The van der Waals surface area contributed by atoms with Gasteiger partial charge in [-0.3, -0.25) is 4.79 Å². The zero-order chi connectivity index (χ0) is 24.1. The van der Waals surface area contributed by atoms with Crippen molar-refractivity contribution in [2.75, 3.05) is 0 Å². The zero-order valence-electron chi connectivity index (χ0n) is 19.1. The largest absolute Gasteiger partial charge is 0.494 e. The number of aromatic nitrogens is 2. The molecule has 3 heterocycles. The number of rotatable bonds is 3. The van der Waals surface area contributed by atoms with E-state index >= 15 is 0 Å². The number of aromatic hydroxyl groups is 1. The maximum atomic E-state index is 13.4. The number of ether oxygens (including phenoxy) is 1. The molecule has 6 rings (SSSR count). The molecule has 6 nitrogen and oxygen atoms in total. The second kappa shape index (κ2) is 8.21. The summed E-state index contributed by atoms with van der Waals surface area (Å²) >= 11 is 1.45. The summed E-state index contributed by atoms with van der Waals surface area (Å²) in [6.45, 7) is 4.37. The van der Waals surface area contributed by atoms with Crippen LogP contribution in [0.3, 0.4) is 0 Å². The van der Waals surface area contributed by atoms with Crippen molar-refractivity contribution >= 4 is 33.5 Å². The van der Waals surface area contributed by atoms with Crippen molar-refractivity contribution in [2.45, 2.75) is 20.5 Å². The van der Waals surface area contributed by atoms with Gasteiger partial charge >= 0.3 is 0 Å². The highest BCUT2D eigenvalue weighted by Gasteiger charge is 2.22. The molecule has 1 aliphatic rings. The van der Waals surface area contributed by atoms with Crippen LogP contribution in [0, 0.1) is 13.8 Å². The van der Waals surface area contributed by atoms with Gasteiger partial charge in [-0.1, -0.05) is 59.4 Å². The first kappa shape index (κ1) is 21.3. The van der Waals surface area contributed by atoms with Crippen LogP contribution in [0.4, 0.5) is 5.13 Å². The van der Waals surface area contributed by atoms with Gasteiger partial charge in [0.05, 0.1) is 21.8 Å². The first-order valence-electron chi connectivity index (χ1n) is 11.2. The van der Waals surface area contributed by atoms with E-state index in [2.05, 4.69) is 4.99 Å². The molecule has 0 radical (unpaired) electrons. The Labute approximate surface area is 205 Å². The van der Waals surface area contributed by atoms with Crippen molar-refractivity contribution < 1.29 is 9.84 Å². The maximum Gasteiger partial charge on any atom is 0.265 e. The summed E-state index contributed by atoms with van der Waals surface area (Å²) in [4.78, 5) is 23.7. The van der Waals surface area contributed by atoms with Crippen LogP contribution in [0.5, 0.6) is 11.6 Å². The van der Waals surface area contributed by atoms with Gasteiger partial charge in [0.2, 0.25) is 11.0 Å². The average Bonchev–Trinajstić information content (AvgIpc) is 3.29. The van der Waals surface area contributed by atoms with Crippen LogP contribution in [-0.2, 0) is 6.61 Å². The van der Waals surface area contributed by atoms with Crippen LogP contribution in [0.25, 0.3) is 27.7 Å². The summed E-state index contributed by atoms with van der Waals surface area (Å²) in [6.07, 6.45) is 1.59. The topological polar surface area (TPSA) is 76.7 Å². The molecular formula is C28H21N3O3S. The van der Waals surface area contributed by atoms with Crippen LogP contribution in [0.15, 0.2) is 76.5 Å². The molecular weight excluding hydrogens is 458 g/mol. The second-order valence-electron chi connectivity index (χ2n) is 8.52. The summed E-state index contributed by atoms with van der Waals surface area (Å²) in [7, 11) is 0. The molecule has 0 atom stereocenters. The van der Waals surface area contributed by atoms with Crippen molar-refractivity contribution in [3.05, 3.63) is 98.7 Å². The zero-order valence-corrected chi connectivity index (χ0v) is 20.0. The third kappa shape index (κ3) is 3.52. The molecule has 0 saturated carbocycles. The van der Waals surface area contributed by atoms with Gasteiger partial charge < -0.3 is 9.84 Å². The lowest BCUT2D eigenvalue weighted by atomic mass is 10.1. The van der Waals surface area contributed by atoms with Crippen LogP contribution in [0.1, 0.15) is 21.6 Å². The standard InChI is InChI=1S/C28H21N3O3S/c1-16-11-12-22(17(2)13-16)31-26(32)19-8-4-3-7-18(19)21(27(31)33)14-29-28-30-25-20-9-5-6-10-23(20)34-15-24(25)35-28/h3-14,33H,15H2,1-2H3/b29-14+. The van der Waals surface area contributed by atoms with Crippen LogP contribution >= 0.6 is 11.3 Å². The van der Waals surface area contributed by atoms with Gasteiger partial charge in [0.15, 0.2) is 0 Å². The molecule has 5 aromatic rings. The highest BCUT2D eigenvalue weighted by atomic mass is 32.1. The summed E-state index contributed by atoms with van der Waals surface area (Å²) in [5.74, 6) is 0.657. The molecule has 0 saturated heterocycles. The average molecular weight is 480 g/mol. The van der Waals surface area contributed by atoms with Crippen LogP contribution in [0.2, 0.25) is 0 Å². The van der Waals surface area contributed by atoms with Gasteiger partial charge in [0.1, 0.15) is 12.4 Å². The Bertz CT molecular complexity index is 1720. The predicted octanol–water partition coefficient (Wildman–Crippen LogP) is 6.08. The Kier molecular flexibility index (Phi) is 5.00. The quantitative estimate of drug-likeness (QED) is 0.318. The summed E-state index contributed by atoms with van der Waals surface area (Å²) < 4.78 is 7.20. The van der Waals surface area contributed by atoms with Crippen molar-refractivity contribution in [2.24, 2.45) is 4.99 Å². The highest BCUT2D eigenvalue weighted by molar-refractivity contribution is 7.15. The fraction of sp³-hybridized carbons (Fsp3) is 0.107. The number of fused-ring (bicyclic) bond motifs is 4. The molecule has 0 amide bonds. The van der Waals surface area contributed by atoms with E-state index in [9.17, 15) is 9.90 Å². The van der Waals surface area contributed by atoms with E-state index in [1.807, 2.05) is 74.5 Å². The lowest BCUT2D eigenvalue weighted by Crippen LogP contribution is -2.21. The molecule has 7 heteroatoms. The molecule has 0 bridgehead atoms. The van der Waals surface area contributed by atoms with E-state index in [1.165, 1.54) is 15.9 Å². The predicted molar refractivity (Wildman–Crippen MR) is 140 cm³/mol. The van der Waals surface area contributed by atoms with Crippen molar-refractivity contribution in [3.63, 3.8) is 0 Å². The van der Waals surface area contributed by atoms with Gasteiger partial charge in [0.25, 0.3) is 5.56 Å². The van der Waals surface area contributed by atoms with Gasteiger partial charge in [-0.25, -0.2) is 14.5 Å². The van der Waals surface area contributed by atoms with E-state index in [1.54, 1.807) is 12.3 Å². The van der Waals surface area contributed by atoms with Crippen molar-refractivity contribution in [1.82, 2.24) is 9.55 Å². The van der Waals surface area contributed by atoms with Crippen molar-refractivity contribution in [1.29, 1.82) is 0 Å². The molecule has 172 valence electrons. The second-order valence-corrected chi connectivity index (χ2v) is 9.59. The van der Waals surface area contributed by atoms with E-state index in [0.29, 0.717) is 33.8 Å². The number of thiazole rings is 1. The number of aliphatic imine (C=N–C) groups is 1. The minimum Gasteiger partial charge on any atom is -0.494 e. The van der Waals surface area contributed by atoms with E-state index < -0.39 is 0 Å². The third-order valence-electron chi connectivity index (χ3n) is 6.19. The molecule has 0 fully saturated rings. The monoisotopic (exact) mass is 479 g/mol. The number of hydrogen-bond donors (Lipinski definition) is 1. The smallest absolute Gasteiger partial charge is 0.265 e. The molecule has 1 N–H and O–H groups in total. The van der Waals surface area contributed by atoms with Gasteiger partial charge in [-0.05, 0) is 43.7 Å². The minimum absolute atomic E-state index is 0.153. The first-order chi connectivity index (χ1) is 17.0. The minimum atomic E-state index is -0.277. The summed E-state index contributed by atoms with van der Waals surface area (Å²) in [6, 6.07) is 20.8. The Balaban J connectivity index is 1.51. The van der Waals surface area contributed by atoms with Crippen LogP contribution in [-0.4, -0.2) is 20.9 Å². The maximum absolute atomic E-state index is 13.4. The first-order valence-corrected chi connectivity index (χ1v) is 12.0. The third-order valence-corrected chi connectivity index (χ3v) is 7.12. The fourth-order valence-electron chi connectivity index (χ4n) is 4.52. The summed E-state index contributed by atoms with van der Waals surface area (Å²) in [5, 5.41) is 13.0. The molecule has 2 aromatic heterocycles. The molecule has 0 spiro atoms. The number of para-hydroxylation sites is 1. The molecule has 35 heavy (non-hydrogen) atoms. The van der Waals surface area contributed by atoms with Gasteiger partial charge in [-0.2, -0.15) is 0 Å². The molecule has 0 unspecified atom stereocenters. The number of nitrogens with zero attached hydrogens (tertiary/aromatic N) is 3.